The Morgan fingerprint density at radius 3 is 2.68 bits per heavy atom. The zero-order chi connectivity index (χ0) is 13.5. The lowest BCUT2D eigenvalue weighted by Crippen LogP contribution is -2.48. The van der Waals surface area contributed by atoms with Crippen molar-refractivity contribution in [3.05, 3.63) is 0 Å². The molecule has 108 valence electrons. The average Bonchev–Trinajstić information content (AvgIpc) is 3.12. The van der Waals surface area contributed by atoms with Gasteiger partial charge in [-0.1, -0.05) is 13.8 Å². The molecule has 3 nitrogen and oxygen atoms in total. The molecule has 1 amide bonds. The molecular formula is C16H28N2O. The Kier molecular flexibility index (Phi) is 3.59. The number of hydrogen-bond donors (Lipinski definition) is 1. The maximum absolute atomic E-state index is 12.9. The van der Waals surface area contributed by atoms with Gasteiger partial charge in [-0.3, -0.25) is 4.79 Å². The van der Waals surface area contributed by atoms with Crippen LogP contribution in [0.5, 0.6) is 0 Å². The van der Waals surface area contributed by atoms with Crippen molar-refractivity contribution in [1.82, 2.24) is 10.2 Å². The first kappa shape index (κ1) is 13.4. The number of rotatable bonds is 2. The van der Waals surface area contributed by atoms with Crippen LogP contribution in [-0.4, -0.2) is 36.5 Å². The normalized spacial score (nSPS) is 33.7. The van der Waals surface area contributed by atoms with Crippen LogP contribution in [0.1, 0.15) is 52.4 Å². The number of carbonyl (C=O) groups excluding carboxylic acids is 1. The van der Waals surface area contributed by atoms with E-state index in [1.54, 1.807) is 0 Å². The van der Waals surface area contributed by atoms with Gasteiger partial charge in [0.2, 0.25) is 5.91 Å². The van der Waals surface area contributed by atoms with Crippen molar-refractivity contribution in [3.8, 4) is 0 Å². The zero-order valence-electron chi connectivity index (χ0n) is 12.5. The van der Waals surface area contributed by atoms with Crippen LogP contribution in [0, 0.1) is 17.3 Å². The fourth-order valence-corrected chi connectivity index (χ4v) is 4.30. The van der Waals surface area contributed by atoms with Gasteiger partial charge in [0, 0.05) is 18.5 Å². The zero-order valence-corrected chi connectivity index (χ0v) is 12.5. The van der Waals surface area contributed by atoms with E-state index in [0.29, 0.717) is 29.2 Å². The maximum atomic E-state index is 12.9. The fraction of sp³-hybridized carbons (Fsp3) is 0.938. The van der Waals surface area contributed by atoms with Crippen molar-refractivity contribution in [2.45, 2.75) is 58.4 Å². The molecule has 2 aliphatic heterocycles. The van der Waals surface area contributed by atoms with E-state index in [1.807, 2.05) is 0 Å². The van der Waals surface area contributed by atoms with E-state index in [1.165, 1.54) is 32.1 Å². The summed E-state index contributed by atoms with van der Waals surface area (Å²) in [5.74, 6) is 1.45. The second kappa shape index (κ2) is 5.08. The lowest BCUT2D eigenvalue weighted by Gasteiger charge is -2.39. The lowest BCUT2D eigenvalue weighted by molar-refractivity contribution is -0.138. The molecule has 3 fully saturated rings. The number of amides is 1. The molecule has 0 aromatic carbocycles. The molecule has 2 atom stereocenters. The van der Waals surface area contributed by atoms with Crippen molar-refractivity contribution in [2.75, 3.05) is 19.6 Å². The Morgan fingerprint density at radius 2 is 2.00 bits per heavy atom. The van der Waals surface area contributed by atoms with Crippen LogP contribution in [0.2, 0.25) is 0 Å². The molecule has 1 aliphatic carbocycles. The minimum Gasteiger partial charge on any atom is -0.339 e. The van der Waals surface area contributed by atoms with Crippen LogP contribution in [0.25, 0.3) is 0 Å². The van der Waals surface area contributed by atoms with E-state index in [4.69, 9.17) is 0 Å². The number of nitrogens with zero attached hydrogens (tertiary/aromatic N) is 1. The van der Waals surface area contributed by atoms with E-state index in [-0.39, 0.29) is 0 Å². The summed E-state index contributed by atoms with van der Waals surface area (Å²) in [6, 6.07) is 0.501. The van der Waals surface area contributed by atoms with Crippen molar-refractivity contribution in [3.63, 3.8) is 0 Å². The van der Waals surface area contributed by atoms with Gasteiger partial charge in [-0.05, 0) is 62.9 Å². The van der Waals surface area contributed by atoms with Crippen molar-refractivity contribution in [2.24, 2.45) is 17.3 Å². The van der Waals surface area contributed by atoms with Gasteiger partial charge in [0.05, 0.1) is 0 Å². The summed E-state index contributed by atoms with van der Waals surface area (Å²) in [5.41, 5.74) is 0.390. The molecular weight excluding hydrogens is 236 g/mol. The largest absolute Gasteiger partial charge is 0.339 e. The first-order valence-corrected chi connectivity index (χ1v) is 8.15. The number of nitrogens with one attached hydrogen (secondary N) is 1. The second-order valence-corrected chi connectivity index (χ2v) is 7.21. The summed E-state index contributed by atoms with van der Waals surface area (Å²) in [4.78, 5) is 15.1. The Labute approximate surface area is 117 Å². The second-order valence-electron chi connectivity index (χ2n) is 7.21. The van der Waals surface area contributed by atoms with Gasteiger partial charge in [-0.25, -0.2) is 0 Å². The van der Waals surface area contributed by atoms with Gasteiger partial charge in [-0.15, -0.1) is 0 Å². The highest BCUT2D eigenvalue weighted by molar-refractivity contribution is 5.83. The first-order chi connectivity index (χ1) is 9.14. The standard InChI is InChI=1S/C16H28N2O/c1-12(2)14-5-3-4-10-18(14)15(19)13-11-16(13)6-8-17-9-7-16/h12-14,17H,3-11H2,1-2H3. The summed E-state index contributed by atoms with van der Waals surface area (Å²) >= 11 is 0. The molecule has 3 aliphatic rings. The molecule has 2 unspecified atom stereocenters. The lowest BCUT2D eigenvalue weighted by atomic mass is 9.89. The van der Waals surface area contributed by atoms with Crippen LogP contribution in [0.4, 0.5) is 0 Å². The Hall–Kier alpha value is -0.570. The van der Waals surface area contributed by atoms with Gasteiger partial charge >= 0.3 is 0 Å². The van der Waals surface area contributed by atoms with Gasteiger partial charge in [0.15, 0.2) is 0 Å². The quantitative estimate of drug-likeness (QED) is 0.830. The SMILES string of the molecule is CC(C)C1CCCCN1C(=O)C1CC12CCNCC2. The Balaban J connectivity index is 1.66. The molecule has 0 aromatic heterocycles. The molecule has 19 heavy (non-hydrogen) atoms. The van der Waals surface area contributed by atoms with Gasteiger partial charge in [0.1, 0.15) is 0 Å². The van der Waals surface area contributed by atoms with Crippen LogP contribution >= 0.6 is 0 Å². The fourth-order valence-electron chi connectivity index (χ4n) is 4.30. The van der Waals surface area contributed by atoms with Crippen LogP contribution < -0.4 is 5.32 Å². The van der Waals surface area contributed by atoms with E-state index in [0.717, 1.165) is 26.1 Å². The number of hydrogen-bond acceptors (Lipinski definition) is 2. The molecule has 2 heterocycles. The topological polar surface area (TPSA) is 32.3 Å². The number of piperidine rings is 2. The summed E-state index contributed by atoms with van der Waals surface area (Å²) in [7, 11) is 0. The molecule has 1 spiro atoms. The third kappa shape index (κ3) is 2.42. The van der Waals surface area contributed by atoms with Gasteiger partial charge in [-0.2, -0.15) is 0 Å². The summed E-state index contributed by atoms with van der Waals surface area (Å²) in [6.07, 6.45) is 7.30. The predicted octanol–water partition coefficient (Wildman–Crippen LogP) is 2.41. The third-order valence-electron chi connectivity index (χ3n) is 5.69. The van der Waals surface area contributed by atoms with Gasteiger partial charge < -0.3 is 10.2 Å². The van der Waals surface area contributed by atoms with Gasteiger partial charge in [0.25, 0.3) is 0 Å². The highest BCUT2D eigenvalue weighted by atomic mass is 16.2. The number of carbonyl (C=O) groups is 1. The van der Waals surface area contributed by atoms with Crippen molar-refractivity contribution < 1.29 is 4.79 Å². The molecule has 1 saturated carbocycles. The van der Waals surface area contributed by atoms with E-state index >= 15 is 0 Å². The Morgan fingerprint density at radius 1 is 1.26 bits per heavy atom. The highest BCUT2D eigenvalue weighted by Crippen LogP contribution is 2.59. The average molecular weight is 264 g/mol. The molecule has 3 heteroatoms. The molecule has 2 saturated heterocycles. The minimum atomic E-state index is 0.356. The van der Waals surface area contributed by atoms with Crippen LogP contribution in [0.3, 0.4) is 0 Å². The van der Waals surface area contributed by atoms with Crippen LogP contribution in [-0.2, 0) is 4.79 Å². The molecule has 0 bridgehead atoms. The summed E-state index contributed by atoms with van der Waals surface area (Å²) in [6.45, 7) is 7.76. The monoisotopic (exact) mass is 264 g/mol. The molecule has 1 N–H and O–H groups in total. The smallest absolute Gasteiger partial charge is 0.226 e. The van der Waals surface area contributed by atoms with E-state index in [9.17, 15) is 4.79 Å². The number of likely N-dealkylation sites (tertiary alicyclic amines) is 1. The minimum absolute atomic E-state index is 0.356. The summed E-state index contributed by atoms with van der Waals surface area (Å²) in [5, 5.41) is 3.42. The molecule has 3 rings (SSSR count). The van der Waals surface area contributed by atoms with Crippen molar-refractivity contribution in [1.29, 1.82) is 0 Å². The third-order valence-corrected chi connectivity index (χ3v) is 5.69. The summed E-state index contributed by atoms with van der Waals surface area (Å²) < 4.78 is 0. The van der Waals surface area contributed by atoms with Crippen molar-refractivity contribution >= 4 is 5.91 Å². The van der Waals surface area contributed by atoms with E-state index in [2.05, 4.69) is 24.1 Å². The molecule has 0 aromatic rings. The highest BCUT2D eigenvalue weighted by Gasteiger charge is 2.59. The molecule has 0 radical (unpaired) electrons. The van der Waals surface area contributed by atoms with Crippen LogP contribution in [0.15, 0.2) is 0 Å². The predicted molar refractivity (Wildman–Crippen MR) is 76.8 cm³/mol. The van der Waals surface area contributed by atoms with E-state index < -0.39 is 0 Å². The Bertz CT molecular complexity index is 347. The first-order valence-electron chi connectivity index (χ1n) is 8.15. The maximum Gasteiger partial charge on any atom is 0.226 e.